The number of piperazine rings is 1. The normalized spacial score (nSPS) is 14.3. The molecule has 1 amide bonds. The number of carbonyl (C=O) groups excluding carboxylic acids is 1. The van der Waals surface area contributed by atoms with Gasteiger partial charge in [0.1, 0.15) is 23.9 Å². The number of alkyl halides is 3. The maximum Gasteiger partial charge on any atom is 0.418 e. The molecule has 2 aromatic rings. The van der Waals surface area contributed by atoms with Crippen LogP contribution in [0.25, 0.3) is 0 Å². The Labute approximate surface area is 165 Å². The molecule has 1 aliphatic rings. The predicted molar refractivity (Wildman–Crippen MR) is 100 cm³/mol. The molecule has 2 heterocycles. The summed E-state index contributed by atoms with van der Waals surface area (Å²) in [4.78, 5) is 22.5. The number of rotatable bonds is 4. The van der Waals surface area contributed by atoms with Crippen LogP contribution in [0.1, 0.15) is 11.3 Å². The molecule has 1 aromatic heterocycles. The molecule has 1 aliphatic heterocycles. The number of nitriles is 1. The quantitative estimate of drug-likeness (QED) is 0.792. The number of hydrogen-bond donors (Lipinski definition) is 1. The number of aromatic nitrogens is 2. The fourth-order valence-corrected chi connectivity index (χ4v) is 3.05. The van der Waals surface area contributed by atoms with Gasteiger partial charge in [-0.15, -0.1) is 0 Å². The molecule has 0 radical (unpaired) electrons. The summed E-state index contributed by atoms with van der Waals surface area (Å²) >= 11 is 0. The molecule has 0 bridgehead atoms. The first kappa shape index (κ1) is 20.1. The van der Waals surface area contributed by atoms with E-state index in [1.807, 2.05) is 6.07 Å². The maximum atomic E-state index is 13.7. The van der Waals surface area contributed by atoms with Crippen molar-refractivity contribution in [3.63, 3.8) is 0 Å². The number of halogens is 3. The van der Waals surface area contributed by atoms with Crippen molar-refractivity contribution in [1.82, 2.24) is 14.9 Å². The Morgan fingerprint density at radius 3 is 2.55 bits per heavy atom. The zero-order chi connectivity index (χ0) is 21.0. The molecule has 7 nitrogen and oxygen atoms in total. The number of carbonyl (C=O) groups is 1. The van der Waals surface area contributed by atoms with Crippen molar-refractivity contribution in [2.75, 3.05) is 36.4 Å². The van der Waals surface area contributed by atoms with Gasteiger partial charge in [0.25, 0.3) is 0 Å². The van der Waals surface area contributed by atoms with Gasteiger partial charge in [0, 0.05) is 43.6 Å². The van der Waals surface area contributed by atoms with Crippen molar-refractivity contribution in [3.8, 4) is 6.07 Å². The van der Waals surface area contributed by atoms with Gasteiger partial charge in [-0.2, -0.15) is 18.4 Å². The van der Waals surface area contributed by atoms with Gasteiger partial charge in [0.2, 0.25) is 5.91 Å². The lowest BCUT2D eigenvalue weighted by atomic mass is 10.1. The minimum Gasteiger partial charge on any atom is -0.367 e. The van der Waals surface area contributed by atoms with Crippen LogP contribution >= 0.6 is 0 Å². The van der Waals surface area contributed by atoms with Gasteiger partial charge >= 0.3 is 6.18 Å². The van der Waals surface area contributed by atoms with Gasteiger partial charge < -0.3 is 15.1 Å². The standard InChI is InChI=1S/C19H17F3N6O/c1-2-18(29)28-7-5-27(6-8-28)16-4-3-13(9-15(16)19(20,21)22)26-17-10-14(11-23)24-12-25-17/h2-4,9-10,12H,1,5-8H2,(H,24,25,26). The third-order valence-electron chi connectivity index (χ3n) is 4.46. The first-order chi connectivity index (χ1) is 13.8. The van der Waals surface area contributed by atoms with E-state index in [1.165, 1.54) is 24.3 Å². The average molecular weight is 402 g/mol. The van der Waals surface area contributed by atoms with Crippen molar-refractivity contribution >= 4 is 23.1 Å². The number of anilines is 3. The summed E-state index contributed by atoms with van der Waals surface area (Å²) in [7, 11) is 0. The molecule has 0 atom stereocenters. The molecule has 1 N–H and O–H groups in total. The van der Waals surface area contributed by atoms with Gasteiger partial charge in [-0.3, -0.25) is 4.79 Å². The molecule has 0 unspecified atom stereocenters. The van der Waals surface area contributed by atoms with Gasteiger partial charge in [-0.1, -0.05) is 6.58 Å². The number of amides is 1. The molecule has 1 fully saturated rings. The topological polar surface area (TPSA) is 85.2 Å². The van der Waals surface area contributed by atoms with E-state index >= 15 is 0 Å². The van der Waals surface area contributed by atoms with Crippen LogP contribution in [-0.4, -0.2) is 47.0 Å². The molecule has 3 rings (SSSR count). The van der Waals surface area contributed by atoms with E-state index in [2.05, 4.69) is 21.9 Å². The van der Waals surface area contributed by atoms with Crippen molar-refractivity contribution in [3.05, 3.63) is 54.5 Å². The second-order valence-electron chi connectivity index (χ2n) is 6.27. The number of benzene rings is 1. The summed E-state index contributed by atoms with van der Waals surface area (Å²) in [6.07, 6.45) is -2.21. The number of nitrogens with one attached hydrogen (secondary N) is 1. The molecule has 10 heteroatoms. The Hall–Kier alpha value is -3.61. The van der Waals surface area contributed by atoms with Crippen LogP contribution in [0.15, 0.2) is 43.2 Å². The van der Waals surface area contributed by atoms with E-state index < -0.39 is 11.7 Å². The number of hydrogen-bond acceptors (Lipinski definition) is 6. The highest BCUT2D eigenvalue weighted by Gasteiger charge is 2.36. The van der Waals surface area contributed by atoms with E-state index in [1.54, 1.807) is 9.80 Å². The highest BCUT2D eigenvalue weighted by Crippen LogP contribution is 2.39. The Morgan fingerprint density at radius 2 is 1.93 bits per heavy atom. The third kappa shape index (κ3) is 4.63. The first-order valence-corrected chi connectivity index (χ1v) is 8.68. The molecule has 1 saturated heterocycles. The largest absolute Gasteiger partial charge is 0.418 e. The monoisotopic (exact) mass is 402 g/mol. The van der Waals surface area contributed by atoms with Crippen LogP contribution in [-0.2, 0) is 11.0 Å². The zero-order valence-corrected chi connectivity index (χ0v) is 15.3. The van der Waals surface area contributed by atoms with Gasteiger partial charge in [0.15, 0.2) is 0 Å². The van der Waals surface area contributed by atoms with Crippen LogP contribution < -0.4 is 10.2 Å². The lowest BCUT2D eigenvalue weighted by Gasteiger charge is -2.36. The Kier molecular flexibility index (Phi) is 5.68. The Bertz CT molecular complexity index is 961. The molecule has 29 heavy (non-hydrogen) atoms. The van der Waals surface area contributed by atoms with Crippen molar-refractivity contribution in [1.29, 1.82) is 5.26 Å². The average Bonchev–Trinajstić information content (AvgIpc) is 2.73. The molecular weight excluding hydrogens is 385 g/mol. The second-order valence-corrected chi connectivity index (χ2v) is 6.27. The Morgan fingerprint density at radius 1 is 1.21 bits per heavy atom. The molecule has 0 spiro atoms. The van der Waals surface area contributed by atoms with E-state index in [0.717, 1.165) is 12.4 Å². The fourth-order valence-electron chi connectivity index (χ4n) is 3.05. The third-order valence-corrected chi connectivity index (χ3v) is 4.46. The smallest absolute Gasteiger partial charge is 0.367 e. The fraction of sp³-hybridized carbons (Fsp3) is 0.263. The van der Waals surface area contributed by atoms with Crippen LogP contribution in [0.5, 0.6) is 0 Å². The minimum atomic E-state index is -4.56. The lowest BCUT2D eigenvalue weighted by Crippen LogP contribution is -2.48. The maximum absolute atomic E-state index is 13.7. The lowest BCUT2D eigenvalue weighted by molar-refractivity contribution is -0.137. The van der Waals surface area contributed by atoms with Crippen LogP contribution in [0.4, 0.5) is 30.4 Å². The minimum absolute atomic E-state index is 0.0501. The molecule has 0 saturated carbocycles. The summed E-state index contributed by atoms with van der Waals surface area (Å²) in [5.41, 5.74) is -0.457. The number of nitrogens with zero attached hydrogens (tertiary/aromatic N) is 5. The van der Waals surface area contributed by atoms with Gasteiger partial charge in [-0.25, -0.2) is 9.97 Å². The van der Waals surface area contributed by atoms with Crippen molar-refractivity contribution < 1.29 is 18.0 Å². The Balaban J connectivity index is 1.85. The van der Waals surface area contributed by atoms with Gasteiger partial charge in [-0.05, 0) is 24.3 Å². The summed E-state index contributed by atoms with van der Waals surface area (Å²) in [5, 5.41) is 11.6. The molecule has 0 aliphatic carbocycles. The second kappa shape index (κ2) is 8.18. The SMILES string of the molecule is C=CC(=O)N1CCN(c2ccc(Nc3cc(C#N)ncn3)cc2C(F)(F)F)CC1. The van der Waals surface area contributed by atoms with Crippen molar-refractivity contribution in [2.24, 2.45) is 0 Å². The van der Waals surface area contributed by atoms with E-state index in [0.29, 0.717) is 13.1 Å². The highest BCUT2D eigenvalue weighted by molar-refractivity contribution is 5.87. The van der Waals surface area contributed by atoms with Crippen molar-refractivity contribution in [2.45, 2.75) is 6.18 Å². The predicted octanol–water partition coefficient (Wildman–Crippen LogP) is 2.95. The van der Waals surface area contributed by atoms with E-state index in [-0.39, 0.29) is 41.9 Å². The van der Waals surface area contributed by atoms with Crippen LogP contribution in [0.3, 0.4) is 0 Å². The molecule has 150 valence electrons. The highest BCUT2D eigenvalue weighted by atomic mass is 19.4. The summed E-state index contributed by atoms with van der Waals surface area (Å²) < 4.78 is 41.1. The molecular formula is C19H17F3N6O. The van der Waals surface area contributed by atoms with E-state index in [9.17, 15) is 18.0 Å². The summed E-state index contributed by atoms with van der Waals surface area (Å²) in [5.74, 6) is -0.0178. The summed E-state index contributed by atoms with van der Waals surface area (Å²) in [6, 6.07) is 7.10. The van der Waals surface area contributed by atoms with E-state index in [4.69, 9.17) is 5.26 Å². The van der Waals surface area contributed by atoms with Crippen LogP contribution in [0.2, 0.25) is 0 Å². The van der Waals surface area contributed by atoms with Crippen LogP contribution in [0, 0.1) is 11.3 Å². The zero-order valence-electron chi connectivity index (χ0n) is 15.3. The summed E-state index contributed by atoms with van der Waals surface area (Å²) in [6.45, 7) is 4.64. The molecule has 1 aromatic carbocycles. The first-order valence-electron chi connectivity index (χ1n) is 8.68. The van der Waals surface area contributed by atoms with Gasteiger partial charge in [0.05, 0.1) is 5.56 Å².